The van der Waals surface area contributed by atoms with Crippen molar-refractivity contribution < 1.29 is 28.6 Å². The number of nitrogens with zero attached hydrogens (tertiary/aromatic N) is 1. The highest BCUT2D eigenvalue weighted by Crippen LogP contribution is 2.41. The van der Waals surface area contributed by atoms with Gasteiger partial charge in [0.05, 0.1) is 26.8 Å². The van der Waals surface area contributed by atoms with E-state index in [9.17, 15) is 14.4 Å². The van der Waals surface area contributed by atoms with E-state index in [1.54, 1.807) is 19.1 Å². The first-order chi connectivity index (χ1) is 16.3. The van der Waals surface area contributed by atoms with Crippen molar-refractivity contribution in [2.75, 3.05) is 21.3 Å². The second-order valence-electron chi connectivity index (χ2n) is 8.12. The first-order valence-electron chi connectivity index (χ1n) is 10.6. The molecule has 3 aromatic rings. The third-order valence-corrected chi connectivity index (χ3v) is 5.92. The number of rotatable bonds is 8. The fourth-order valence-electron chi connectivity index (χ4n) is 4.02. The van der Waals surface area contributed by atoms with Crippen molar-refractivity contribution in [3.05, 3.63) is 53.7 Å². The summed E-state index contributed by atoms with van der Waals surface area (Å²) in [5.74, 6) is 0.0704. The molecule has 4 amide bonds. The predicted octanol–water partition coefficient (Wildman–Crippen LogP) is 2.78. The fourth-order valence-corrected chi connectivity index (χ4v) is 4.02. The largest absolute Gasteiger partial charge is 0.496 e. The van der Waals surface area contributed by atoms with Crippen LogP contribution in [0.5, 0.6) is 17.2 Å². The Bertz CT molecular complexity index is 1260. The molecule has 1 aliphatic heterocycles. The fraction of sp³-hybridized carbons (Fsp3) is 0.292. The number of carbonyl (C=O) groups excluding carboxylic acids is 3. The van der Waals surface area contributed by atoms with Crippen LogP contribution in [0.3, 0.4) is 0 Å². The Balaban J connectivity index is 1.55. The number of aromatic nitrogens is 1. The summed E-state index contributed by atoms with van der Waals surface area (Å²) in [6.07, 6.45) is 0.975. The lowest BCUT2D eigenvalue weighted by atomic mass is 9.93. The number of hydrogen-bond acceptors (Lipinski definition) is 6. The van der Waals surface area contributed by atoms with Crippen LogP contribution < -0.4 is 25.0 Å². The van der Waals surface area contributed by atoms with Crippen molar-refractivity contribution in [3.63, 3.8) is 0 Å². The molecular formula is C24H26N4O6. The number of urea groups is 1. The summed E-state index contributed by atoms with van der Waals surface area (Å²) in [5.41, 5.74) is 2.90. The quantitative estimate of drug-likeness (QED) is 0.439. The molecule has 1 atom stereocenters. The van der Waals surface area contributed by atoms with E-state index >= 15 is 0 Å². The summed E-state index contributed by atoms with van der Waals surface area (Å²) in [6, 6.07) is 12.2. The standard InChI is InChI=1S/C24H26N4O6/c1-24(11-10-14-8-6-5-7-9-14)22(30)28(23(31)26-24)27-21(29)16-12-15-17(32-2)13-18(33-3)20(34-4)19(15)25-16/h5-9,12-13,25H,10-11H2,1-4H3,(H,26,31)(H,27,29). The molecule has 2 aromatic carbocycles. The van der Waals surface area contributed by atoms with Gasteiger partial charge in [-0.1, -0.05) is 30.3 Å². The van der Waals surface area contributed by atoms with Crippen LogP contribution in [0.4, 0.5) is 4.79 Å². The van der Waals surface area contributed by atoms with Crippen molar-refractivity contribution >= 4 is 28.7 Å². The summed E-state index contributed by atoms with van der Waals surface area (Å²) in [5, 5.41) is 3.99. The molecular weight excluding hydrogens is 440 g/mol. The number of benzene rings is 2. The molecule has 0 saturated carbocycles. The lowest BCUT2D eigenvalue weighted by Gasteiger charge is -2.21. The Morgan fingerprint density at radius 1 is 1.03 bits per heavy atom. The molecule has 1 fully saturated rings. The van der Waals surface area contributed by atoms with E-state index in [2.05, 4.69) is 15.7 Å². The maximum atomic E-state index is 13.0. The van der Waals surface area contributed by atoms with Crippen LogP contribution >= 0.6 is 0 Å². The lowest BCUT2D eigenvalue weighted by Crippen LogP contribution is -2.49. The number of H-pyrrole nitrogens is 1. The minimum absolute atomic E-state index is 0.110. The van der Waals surface area contributed by atoms with Gasteiger partial charge in [-0.25, -0.2) is 4.79 Å². The highest BCUT2D eigenvalue weighted by molar-refractivity contribution is 6.09. The summed E-state index contributed by atoms with van der Waals surface area (Å²) >= 11 is 0. The summed E-state index contributed by atoms with van der Waals surface area (Å²) in [7, 11) is 4.47. The van der Waals surface area contributed by atoms with Gasteiger partial charge < -0.3 is 24.5 Å². The van der Waals surface area contributed by atoms with Crippen LogP contribution in [0, 0.1) is 0 Å². The number of fused-ring (bicyclic) bond motifs is 1. The van der Waals surface area contributed by atoms with Crippen molar-refractivity contribution in [1.29, 1.82) is 0 Å². The van der Waals surface area contributed by atoms with Gasteiger partial charge in [0.2, 0.25) is 0 Å². The minimum atomic E-state index is -1.14. The van der Waals surface area contributed by atoms with Gasteiger partial charge in [0.1, 0.15) is 17.0 Å². The van der Waals surface area contributed by atoms with Gasteiger partial charge in [0.15, 0.2) is 11.5 Å². The number of carbonyl (C=O) groups is 3. The number of amides is 4. The van der Waals surface area contributed by atoms with E-state index in [0.29, 0.717) is 46.0 Å². The zero-order valence-electron chi connectivity index (χ0n) is 19.4. The van der Waals surface area contributed by atoms with Gasteiger partial charge in [-0.15, -0.1) is 0 Å². The summed E-state index contributed by atoms with van der Waals surface area (Å²) < 4.78 is 16.2. The average Bonchev–Trinajstić information content (AvgIpc) is 3.38. The molecule has 2 heterocycles. The van der Waals surface area contributed by atoms with Crippen molar-refractivity contribution in [2.24, 2.45) is 0 Å². The number of imide groups is 1. The first-order valence-corrected chi connectivity index (χ1v) is 10.6. The number of aryl methyl sites for hydroxylation is 1. The molecule has 1 aliphatic rings. The van der Waals surface area contributed by atoms with Gasteiger partial charge in [-0.3, -0.25) is 15.0 Å². The maximum absolute atomic E-state index is 13.0. The molecule has 10 heteroatoms. The van der Waals surface area contributed by atoms with Crippen molar-refractivity contribution in [2.45, 2.75) is 25.3 Å². The number of methoxy groups -OCH3 is 3. The smallest absolute Gasteiger partial charge is 0.344 e. The number of ether oxygens (including phenoxy) is 3. The molecule has 3 N–H and O–H groups in total. The third kappa shape index (κ3) is 3.98. The SMILES string of the molecule is COc1cc(OC)c2cc(C(=O)NN3C(=O)NC(C)(CCc4ccccc4)C3=O)[nH]c2c1OC. The summed E-state index contributed by atoms with van der Waals surface area (Å²) in [6.45, 7) is 1.65. The van der Waals surface area contributed by atoms with E-state index in [1.165, 1.54) is 21.3 Å². The normalized spacial score (nSPS) is 17.6. The molecule has 1 saturated heterocycles. The number of hydrazine groups is 1. The van der Waals surface area contributed by atoms with E-state index in [-0.39, 0.29) is 5.69 Å². The van der Waals surface area contributed by atoms with Crippen LogP contribution in [-0.2, 0) is 11.2 Å². The van der Waals surface area contributed by atoms with Crippen molar-refractivity contribution in [3.8, 4) is 17.2 Å². The molecule has 10 nitrogen and oxygen atoms in total. The molecule has 178 valence electrons. The average molecular weight is 466 g/mol. The zero-order chi connectivity index (χ0) is 24.5. The van der Waals surface area contributed by atoms with Crippen LogP contribution in [0.1, 0.15) is 29.4 Å². The van der Waals surface area contributed by atoms with Gasteiger partial charge in [-0.05, 0) is 31.4 Å². The van der Waals surface area contributed by atoms with E-state index in [1.807, 2.05) is 30.3 Å². The van der Waals surface area contributed by atoms with Gasteiger partial charge >= 0.3 is 6.03 Å². The summed E-state index contributed by atoms with van der Waals surface area (Å²) in [4.78, 5) is 41.5. The molecule has 0 spiro atoms. The molecule has 34 heavy (non-hydrogen) atoms. The van der Waals surface area contributed by atoms with Gasteiger partial charge in [0, 0.05) is 11.5 Å². The Morgan fingerprint density at radius 2 is 1.74 bits per heavy atom. The predicted molar refractivity (Wildman–Crippen MR) is 124 cm³/mol. The number of hydrogen-bond donors (Lipinski definition) is 3. The van der Waals surface area contributed by atoms with Crippen LogP contribution in [-0.4, -0.2) is 54.7 Å². The highest BCUT2D eigenvalue weighted by Gasteiger charge is 2.48. The Hall–Kier alpha value is -4.21. The Kier molecular flexibility index (Phi) is 6.06. The number of aromatic amines is 1. The lowest BCUT2D eigenvalue weighted by molar-refractivity contribution is -0.132. The van der Waals surface area contributed by atoms with E-state index in [0.717, 1.165) is 5.56 Å². The maximum Gasteiger partial charge on any atom is 0.344 e. The van der Waals surface area contributed by atoms with Crippen LogP contribution in [0.2, 0.25) is 0 Å². The van der Waals surface area contributed by atoms with Gasteiger partial charge in [-0.2, -0.15) is 5.01 Å². The van der Waals surface area contributed by atoms with Crippen LogP contribution in [0.25, 0.3) is 10.9 Å². The zero-order valence-corrected chi connectivity index (χ0v) is 19.4. The van der Waals surface area contributed by atoms with Gasteiger partial charge in [0.25, 0.3) is 11.8 Å². The number of nitrogens with one attached hydrogen (secondary N) is 3. The second kappa shape index (κ2) is 8.97. The monoisotopic (exact) mass is 466 g/mol. The minimum Gasteiger partial charge on any atom is -0.496 e. The van der Waals surface area contributed by atoms with E-state index in [4.69, 9.17) is 14.2 Å². The Labute approximate surface area is 196 Å². The molecule has 0 aliphatic carbocycles. The highest BCUT2D eigenvalue weighted by atomic mass is 16.5. The molecule has 0 radical (unpaired) electrons. The molecule has 1 unspecified atom stereocenters. The van der Waals surface area contributed by atoms with Crippen LogP contribution in [0.15, 0.2) is 42.5 Å². The molecule has 1 aromatic heterocycles. The Morgan fingerprint density at radius 3 is 2.38 bits per heavy atom. The van der Waals surface area contributed by atoms with Crippen molar-refractivity contribution in [1.82, 2.24) is 20.7 Å². The topological polar surface area (TPSA) is 122 Å². The third-order valence-electron chi connectivity index (χ3n) is 5.92. The van der Waals surface area contributed by atoms with E-state index < -0.39 is 23.4 Å². The molecule has 0 bridgehead atoms. The second-order valence-corrected chi connectivity index (χ2v) is 8.12. The molecule has 4 rings (SSSR count). The first kappa shape index (κ1) is 23.0.